The number of hydrogen-bond acceptors (Lipinski definition) is 4. The largest absolute Gasteiger partial charge is 0.486 e. The van der Waals surface area contributed by atoms with Crippen molar-refractivity contribution in [1.29, 1.82) is 0 Å². The number of rotatable bonds is 5. The van der Waals surface area contributed by atoms with Crippen molar-refractivity contribution in [3.05, 3.63) is 24.3 Å². The average molecular weight is 266 g/mol. The topological polar surface area (TPSA) is 65.0 Å². The Kier molecular flexibility index (Phi) is 4.27. The summed E-state index contributed by atoms with van der Waals surface area (Å²) in [6, 6.07) is 7.39. The van der Waals surface area contributed by atoms with Crippen molar-refractivity contribution in [2.24, 2.45) is 5.92 Å². The molecule has 1 heterocycles. The molecular weight excluding hydrogens is 248 g/mol. The smallest absolute Gasteiger partial charge is 0.333 e. The first-order chi connectivity index (χ1) is 9.08. The van der Waals surface area contributed by atoms with Crippen LogP contribution in [0.4, 0.5) is 0 Å². The molecule has 1 aromatic carbocycles. The van der Waals surface area contributed by atoms with Gasteiger partial charge in [-0.1, -0.05) is 26.0 Å². The van der Waals surface area contributed by atoms with E-state index in [2.05, 4.69) is 0 Å². The molecule has 1 aromatic rings. The summed E-state index contributed by atoms with van der Waals surface area (Å²) in [5, 5.41) is 9.03. The third kappa shape index (κ3) is 3.38. The zero-order chi connectivity index (χ0) is 13.8. The standard InChI is InChI=1S/C14H18O5/c1-9(2)13(14(15)16)18-8-10-7-17-11-5-3-4-6-12(11)19-10/h3-6,9-10,13H,7-8H2,1-2H3,(H,15,16). The predicted octanol–water partition coefficient (Wildman–Crippen LogP) is 1.95. The molecule has 2 atom stereocenters. The Labute approximate surface area is 112 Å². The van der Waals surface area contributed by atoms with Gasteiger partial charge in [0.1, 0.15) is 6.61 Å². The third-order valence-electron chi connectivity index (χ3n) is 2.88. The van der Waals surface area contributed by atoms with Gasteiger partial charge in [0.2, 0.25) is 0 Å². The SMILES string of the molecule is CC(C)C(OCC1COc2ccccc2O1)C(=O)O. The first-order valence-electron chi connectivity index (χ1n) is 6.31. The highest BCUT2D eigenvalue weighted by Crippen LogP contribution is 2.31. The molecule has 1 aliphatic heterocycles. The molecule has 19 heavy (non-hydrogen) atoms. The average Bonchev–Trinajstić information content (AvgIpc) is 2.38. The number of aliphatic carboxylic acids is 1. The zero-order valence-corrected chi connectivity index (χ0v) is 11.0. The summed E-state index contributed by atoms with van der Waals surface area (Å²) >= 11 is 0. The van der Waals surface area contributed by atoms with E-state index in [1.165, 1.54) is 0 Å². The molecule has 0 bridgehead atoms. The van der Waals surface area contributed by atoms with Crippen LogP contribution in [0.25, 0.3) is 0 Å². The maximum absolute atomic E-state index is 11.0. The number of para-hydroxylation sites is 2. The van der Waals surface area contributed by atoms with Crippen LogP contribution in [-0.4, -0.2) is 36.5 Å². The number of carboxylic acid groups (broad SMARTS) is 1. The molecule has 2 unspecified atom stereocenters. The Morgan fingerprint density at radius 2 is 2.11 bits per heavy atom. The molecular formula is C14H18O5. The van der Waals surface area contributed by atoms with E-state index in [4.69, 9.17) is 19.3 Å². The Morgan fingerprint density at radius 1 is 1.42 bits per heavy atom. The van der Waals surface area contributed by atoms with E-state index in [9.17, 15) is 4.79 Å². The quantitative estimate of drug-likeness (QED) is 0.882. The molecule has 104 valence electrons. The monoisotopic (exact) mass is 266 g/mol. The van der Waals surface area contributed by atoms with Crippen molar-refractivity contribution < 1.29 is 24.1 Å². The van der Waals surface area contributed by atoms with Crippen LogP contribution >= 0.6 is 0 Å². The van der Waals surface area contributed by atoms with Gasteiger partial charge < -0.3 is 19.3 Å². The van der Waals surface area contributed by atoms with Crippen molar-refractivity contribution in [3.63, 3.8) is 0 Å². The maximum Gasteiger partial charge on any atom is 0.333 e. The first-order valence-corrected chi connectivity index (χ1v) is 6.31. The minimum Gasteiger partial charge on any atom is -0.486 e. The van der Waals surface area contributed by atoms with Gasteiger partial charge in [-0.15, -0.1) is 0 Å². The lowest BCUT2D eigenvalue weighted by Gasteiger charge is -2.27. The van der Waals surface area contributed by atoms with Gasteiger partial charge in [0, 0.05) is 0 Å². The fraction of sp³-hybridized carbons (Fsp3) is 0.500. The van der Waals surface area contributed by atoms with E-state index in [0.717, 1.165) is 0 Å². The number of carboxylic acids is 1. The lowest BCUT2D eigenvalue weighted by molar-refractivity contribution is -0.155. The minimum atomic E-state index is -0.952. The summed E-state index contributed by atoms with van der Waals surface area (Å²) in [7, 11) is 0. The van der Waals surface area contributed by atoms with E-state index in [0.29, 0.717) is 18.1 Å². The third-order valence-corrected chi connectivity index (χ3v) is 2.88. The van der Waals surface area contributed by atoms with Crippen molar-refractivity contribution in [3.8, 4) is 11.5 Å². The molecule has 5 heteroatoms. The molecule has 0 spiro atoms. The highest BCUT2D eigenvalue weighted by atomic mass is 16.6. The van der Waals surface area contributed by atoms with E-state index in [-0.39, 0.29) is 18.6 Å². The van der Waals surface area contributed by atoms with Crippen LogP contribution in [0.3, 0.4) is 0 Å². The maximum atomic E-state index is 11.0. The highest BCUT2D eigenvalue weighted by Gasteiger charge is 2.26. The Morgan fingerprint density at radius 3 is 2.74 bits per heavy atom. The van der Waals surface area contributed by atoms with Crippen molar-refractivity contribution >= 4 is 5.97 Å². The van der Waals surface area contributed by atoms with Crippen LogP contribution in [0.1, 0.15) is 13.8 Å². The summed E-state index contributed by atoms with van der Waals surface area (Å²) < 4.78 is 16.7. The normalized spacial score (nSPS) is 19.2. The molecule has 5 nitrogen and oxygen atoms in total. The summed E-state index contributed by atoms with van der Waals surface area (Å²) in [6.07, 6.45) is -1.10. The number of ether oxygens (including phenoxy) is 3. The van der Waals surface area contributed by atoms with Crippen LogP contribution in [0.5, 0.6) is 11.5 Å². The van der Waals surface area contributed by atoms with E-state index in [1.807, 2.05) is 38.1 Å². The molecule has 1 aliphatic rings. The van der Waals surface area contributed by atoms with Crippen LogP contribution < -0.4 is 9.47 Å². The molecule has 0 amide bonds. The van der Waals surface area contributed by atoms with Gasteiger partial charge >= 0.3 is 5.97 Å². The van der Waals surface area contributed by atoms with Gasteiger partial charge in [0.25, 0.3) is 0 Å². The number of carbonyl (C=O) groups is 1. The van der Waals surface area contributed by atoms with Crippen molar-refractivity contribution in [1.82, 2.24) is 0 Å². The zero-order valence-electron chi connectivity index (χ0n) is 11.0. The minimum absolute atomic E-state index is 0.0886. The predicted molar refractivity (Wildman–Crippen MR) is 68.6 cm³/mol. The summed E-state index contributed by atoms with van der Waals surface area (Å²) in [5.41, 5.74) is 0. The van der Waals surface area contributed by atoms with Gasteiger partial charge in [-0.2, -0.15) is 0 Å². The Bertz CT molecular complexity index is 443. The highest BCUT2D eigenvalue weighted by molar-refractivity contribution is 5.72. The van der Waals surface area contributed by atoms with E-state index in [1.54, 1.807) is 0 Å². The molecule has 2 rings (SSSR count). The van der Waals surface area contributed by atoms with E-state index < -0.39 is 12.1 Å². The molecule has 0 radical (unpaired) electrons. The summed E-state index contributed by atoms with van der Waals surface area (Å²) in [6.45, 7) is 4.18. The molecule has 0 saturated heterocycles. The van der Waals surface area contributed by atoms with E-state index >= 15 is 0 Å². The van der Waals surface area contributed by atoms with Crippen LogP contribution in [0, 0.1) is 5.92 Å². The molecule has 1 N–H and O–H groups in total. The molecule has 0 fully saturated rings. The number of hydrogen-bond donors (Lipinski definition) is 1. The van der Waals surface area contributed by atoms with Gasteiger partial charge in [-0.3, -0.25) is 0 Å². The second-order valence-corrected chi connectivity index (χ2v) is 4.83. The lowest BCUT2D eigenvalue weighted by atomic mass is 10.1. The fourth-order valence-corrected chi connectivity index (χ4v) is 1.91. The fourth-order valence-electron chi connectivity index (χ4n) is 1.91. The first kappa shape index (κ1) is 13.7. The summed E-state index contributed by atoms with van der Waals surface area (Å²) in [4.78, 5) is 11.0. The molecule has 0 saturated carbocycles. The second-order valence-electron chi connectivity index (χ2n) is 4.83. The van der Waals surface area contributed by atoms with Gasteiger partial charge in [0.05, 0.1) is 6.61 Å². The van der Waals surface area contributed by atoms with Crippen LogP contribution in [0.2, 0.25) is 0 Å². The Balaban J connectivity index is 1.90. The number of benzene rings is 1. The summed E-state index contributed by atoms with van der Waals surface area (Å²) in [5.74, 6) is 0.331. The molecule has 0 aromatic heterocycles. The van der Waals surface area contributed by atoms with Gasteiger partial charge in [-0.25, -0.2) is 4.79 Å². The van der Waals surface area contributed by atoms with Crippen molar-refractivity contribution in [2.75, 3.05) is 13.2 Å². The van der Waals surface area contributed by atoms with Gasteiger partial charge in [0.15, 0.2) is 23.7 Å². The van der Waals surface area contributed by atoms with Gasteiger partial charge in [-0.05, 0) is 18.1 Å². The number of fused-ring (bicyclic) bond motifs is 1. The van der Waals surface area contributed by atoms with Crippen LogP contribution in [0.15, 0.2) is 24.3 Å². The van der Waals surface area contributed by atoms with Crippen molar-refractivity contribution in [2.45, 2.75) is 26.1 Å². The second kappa shape index (κ2) is 5.93. The Hall–Kier alpha value is -1.75. The van der Waals surface area contributed by atoms with Crippen LogP contribution in [-0.2, 0) is 9.53 Å². The molecule has 0 aliphatic carbocycles. The lowest BCUT2D eigenvalue weighted by Crippen LogP contribution is -2.38.